The van der Waals surface area contributed by atoms with Crippen LogP contribution in [0, 0.1) is 12.7 Å². The van der Waals surface area contributed by atoms with E-state index in [0.29, 0.717) is 11.5 Å². The van der Waals surface area contributed by atoms with Gasteiger partial charge in [0.2, 0.25) is 0 Å². The zero-order chi connectivity index (χ0) is 11.0. The van der Waals surface area contributed by atoms with Gasteiger partial charge in [-0.15, -0.1) is 0 Å². The molecule has 1 aromatic carbocycles. The number of nitrogen functional groups attached to an aromatic ring is 1. The van der Waals surface area contributed by atoms with E-state index in [1.807, 2.05) is 6.92 Å². The maximum atomic E-state index is 13.1. The Kier molecular flexibility index (Phi) is 2.48. The molecule has 1 aromatic heterocycles. The molecule has 0 atom stereocenters. The third-order valence-electron chi connectivity index (χ3n) is 2.04. The predicted octanol–water partition coefficient (Wildman–Crippen LogP) is 2.66. The first-order chi connectivity index (χ1) is 7.08. The number of hydrogen-bond donors (Lipinski definition) is 1. The number of aromatic nitrogens is 2. The van der Waals surface area contributed by atoms with Crippen molar-refractivity contribution in [2.24, 2.45) is 0 Å². The number of hydrogen-bond acceptors (Lipinski definition) is 2. The number of aryl methyl sites for hydroxylation is 1. The van der Waals surface area contributed by atoms with E-state index < -0.39 is 0 Å². The normalized spacial score (nSPS) is 10.6. The summed E-state index contributed by atoms with van der Waals surface area (Å²) >= 11 is 3.34. The molecular formula is C10H9BrFN3. The van der Waals surface area contributed by atoms with Crippen LogP contribution >= 0.6 is 15.9 Å². The van der Waals surface area contributed by atoms with Gasteiger partial charge in [0, 0.05) is 22.3 Å². The summed E-state index contributed by atoms with van der Waals surface area (Å²) in [5.74, 6) is 0.116. The lowest BCUT2D eigenvalue weighted by Gasteiger charge is -2.06. The Bertz CT molecular complexity index is 507. The first-order valence-electron chi connectivity index (χ1n) is 4.35. The fourth-order valence-electron chi connectivity index (χ4n) is 1.39. The van der Waals surface area contributed by atoms with Crippen LogP contribution in [0.4, 0.5) is 10.2 Å². The summed E-state index contributed by atoms with van der Waals surface area (Å²) < 4.78 is 15.5. The van der Waals surface area contributed by atoms with Gasteiger partial charge in [-0.25, -0.2) is 9.07 Å². The molecule has 0 radical (unpaired) electrons. The molecule has 2 aromatic rings. The molecule has 0 fully saturated rings. The molecule has 78 valence electrons. The Labute approximate surface area is 94.8 Å². The van der Waals surface area contributed by atoms with Gasteiger partial charge < -0.3 is 5.73 Å². The molecule has 15 heavy (non-hydrogen) atoms. The molecule has 3 nitrogen and oxygen atoms in total. The summed E-state index contributed by atoms with van der Waals surface area (Å²) in [6.45, 7) is 1.86. The van der Waals surface area contributed by atoms with Gasteiger partial charge in [0.25, 0.3) is 0 Å². The SMILES string of the molecule is Cc1cc(N)nn1-c1cc(F)ccc1Br. The van der Waals surface area contributed by atoms with E-state index in [1.54, 1.807) is 16.8 Å². The van der Waals surface area contributed by atoms with Crippen LogP contribution in [-0.2, 0) is 0 Å². The van der Waals surface area contributed by atoms with E-state index in [4.69, 9.17) is 5.73 Å². The summed E-state index contributed by atoms with van der Waals surface area (Å²) in [5, 5.41) is 4.08. The van der Waals surface area contributed by atoms with E-state index in [-0.39, 0.29) is 5.82 Å². The lowest BCUT2D eigenvalue weighted by Crippen LogP contribution is -2.01. The highest BCUT2D eigenvalue weighted by Gasteiger charge is 2.08. The fourth-order valence-corrected chi connectivity index (χ4v) is 1.80. The topological polar surface area (TPSA) is 43.8 Å². The fraction of sp³-hybridized carbons (Fsp3) is 0.100. The molecule has 2 N–H and O–H groups in total. The van der Waals surface area contributed by atoms with Gasteiger partial charge in [-0.05, 0) is 35.0 Å². The molecule has 0 spiro atoms. The Hall–Kier alpha value is -1.36. The second-order valence-corrected chi connectivity index (χ2v) is 4.07. The van der Waals surface area contributed by atoms with Crippen LogP contribution in [0.2, 0.25) is 0 Å². The number of halogens is 2. The van der Waals surface area contributed by atoms with E-state index in [0.717, 1.165) is 10.2 Å². The standard InChI is InChI=1S/C10H9BrFN3/c1-6-4-10(13)14-15(6)9-5-7(12)2-3-8(9)11/h2-5H,1H3,(H2,13,14). The van der Waals surface area contributed by atoms with Crippen LogP contribution in [0.25, 0.3) is 5.69 Å². The molecular weight excluding hydrogens is 261 g/mol. The van der Waals surface area contributed by atoms with Crippen molar-refractivity contribution in [3.63, 3.8) is 0 Å². The van der Waals surface area contributed by atoms with Crippen LogP contribution in [0.3, 0.4) is 0 Å². The number of benzene rings is 1. The molecule has 0 unspecified atom stereocenters. The molecule has 2 rings (SSSR count). The lowest BCUT2D eigenvalue weighted by molar-refractivity contribution is 0.624. The summed E-state index contributed by atoms with van der Waals surface area (Å²) in [6.07, 6.45) is 0. The Balaban J connectivity index is 2.62. The Morgan fingerprint density at radius 1 is 1.40 bits per heavy atom. The van der Waals surface area contributed by atoms with Crippen molar-refractivity contribution in [2.75, 3.05) is 5.73 Å². The molecule has 0 bridgehead atoms. The van der Waals surface area contributed by atoms with Crippen LogP contribution in [0.1, 0.15) is 5.69 Å². The van der Waals surface area contributed by atoms with Gasteiger partial charge in [-0.2, -0.15) is 5.10 Å². The van der Waals surface area contributed by atoms with E-state index in [2.05, 4.69) is 21.0 Å². The maximum absolute atomic E-state index is 13.1. The first kappa shape index (κ1) is 10.2. The van der Waals surface area contributed by atoms with Crippen molar-refractivity contribution < 1.29 is 4.39 Å². The van der Waals surface area contributed by atoms with Crippen molar-refractivity contribution in [1.82, 2.24) is 9.78 Å². The van der Waals surface area contributed by atoms with Crippen molar-refractivity contribution in [2.45, 2.75) is 6.92 Å². The summed E-state index contributed by atoms with van der Waals surface area (Å²) in [7, 11) is 0. The van der Waals surface area contributed by atoms with Gasteiger partial charge in [0.05, 0.1) is 5.69 Å². The number of anilines is 1. The predicted molar refractivity (Wildman–Crippen MR) is 60.4 cm³/mol. The minimum atomic E-state index is -0.304. The highest BCUT2D eigenvalue weighted by molar-refractivity contribution is 9.10. The minimum Gasteiger partial charge on any atom is -0.382 e. The van der Waals surface area contributed by atoms with Crippen LogP contribution in [0.5, 0.6) is 0 Å². The van der Waals surface area contributed by atoms with Gasteiger partial charge in [-0.1, -0.05) is 0 Å². The monoisotopic (exact) mass is 269 g/mol. The largest absolute Gasteiger partial charge is 0.382 e. The third kappa shape index (κ3) is 1.87. The summed E-state index contributed by atoms with van der Waals surface area (Å²) in [5.41, 5.74) is 7.07. The van der Waals surface area contributed by atoms with E-state index in [9.17, 15) is 4.39 Å². The molecule has 0 saturated carbocycles. The van der Waals surface area contributed by atoms with Gasteiger partial charge in [-0.3, -0.25) is 0 Å². The molecule has 0 aliphatic rings. The second-order valence-electron chi connectivity index (χ2n) is 3.22. The number of nitrogens with two attached hydrogens (primary N) is 1. The quantitative estimate of drug-likeness (QED) is 0.865. The third-order valence-corrected chi connectivity index (χ3v) is 2.71. The van der Waals surface area contributed by atoms with Crippen LogP contribution in [0.15, 0.2) is 28.7 Å². The Morgan fingerprint density at radius 3 is 2.73 bits per heavy atom. The Morgan fingerprint density at radius 2 is 2.13 bits per heavy atom. The highest BCUT2D eigenvalue weighted by Crippen LogP contribution is 2.23. The highest BCUT2D eigenvalue weighted by atomic mass is 79.9. The summed E-state index contributed by atoms with van der Waals surface area (Å²) in [6, 6.07) is 6.17. The molecule has 0 amide bonds. The smallest absolute Gasteiger partial charge is 0.146 e. The van der Waals surface area contributed by atoms with Crippen molar-refractivity contribution in [1.29, 1.82) is 0 Å². The number of rotatable bonds is 1. The number of nitrogens with zero attached hydrogens (tertiary/aromatic N) is 2. The second kappa shape index (κ2) is 3.66. The molecule has 0 saturated heterocycles. The lowest BCUT2D eigenvalue weighted by atomic mass is 10.3. The molecule has 0 aliphatic heterocycles. The van der Waals surface area contributed by atoms with Crippen molar-refractivity contribution in [3.05, 3.63) is 40.2 Å². The van der Waals surface area contributed by atoms with Gasteiger partial charge in [0.1, 0.15) is 11.6 Å². The molecule has 5 heteroatoms. The molecule has 0 aliphatic carbocycles. The maximum Gasteiger partial charge on any atom is 0.146 e. The average Bonchev–Trinajstić information content (AvgIpc) is 2.50. The van der Waals surface area contributed by atoms with Crippen LogP contribution in [-0.4, -0.2) is 9.78 Å². The van der Waals surface area contributed by atoms with E-state index >= 15 is 0 Å². The van der Waals surface area contributed by atoms with Crippen LogP contribution < -0.4 is 5.73 Å². The van der Waals surface area contributed by atoms with Crippen molar-refractivity contribution >= 4 is 21.7 Å². The summed E-state index contributed by atoms with van der Waals surface area (Å²) in [4.78, 5) is 0. The molecule has 1 heterocycles. The van der Waals surface area contributed by atoms with Gasteiger partial charge in [0.15, 0.2) is 0 Å². The van der Waals surface area contributed by atoms with Crippen molar-refractivity contribution in [3.8, 4) is 5.69 Å². The zero-order valence-corrected chi connectivity index (χ0v) is 9.62. The zero-order valence-electron chi connectivity index (χ0n) is 8.04. The first-order valence-corrected chi connectivity index (χ1v) is 5.15. The van der Waals surface area contributed by atoms with Gasteiger partial charge >= 0.3 is 0 Å². The van der Waals surface area contributed by atoms with E-state index in [1.165, 1.54) is 12.1 Å². The average molecular weight is 270 g/mol. The minimum absolute atomic E-state index is 0.304.